The number of hydrogen-bond acceptors (Lipinski definition) is 7. The minimum Gasteiger partial charge on any atom is -0.378 e. The van der Waals surface area contributed by atoms with Gasteiger partial charge in [-0.15, -0.1) is 10.2 Å². The lowest BCUT2D eigenvalue weighted by molar-refractivity contribution is -0.384. The molecule has 1 heterocycles. The quantitative estimate of drug-likeness (QED) is 0.227. The second-order valence-electron chi connectivity index (χ2n) is 6.99. The molecule has 3 rings (SSSR count). The van der Waals surface area contributed by atoms with Gasteiger partial charge < -0.3 is 10.6 Å². The molecule has 3 aromatic rings. The Morgan fingerprint density at radius 3 is 2.68 bits per heavy atom. The number of nitro benzene ring substituents is 1. The number of carbonyl (C=O) groups is 1. The van der Waals surface area contributed by atoms with Crippen molar-refractivity contribution in [3.8, 4) is 5.69 Å². The molecule has 0 spiro atoms. The fourth-order valence-corrected chi connectivity index (χ4v) is 3.86. The summed E-state index contributed by atoms with van der Waals surface area (Å²) in [5, 5.41) is 25.9. The number of aromatic nitrogens is 3. The van der Waals surface area contributed by atoms with E-state index < -0.39 is 4.92 Å². The molecule has 0 atom stereocenters. The summed E-state index contributed by atoms with van der Waals surface area (Å²) in [6.07, 6.45) is 0. The van der Waals surface area contributed by atoms with Crippen LogP contribution in [-0.4, -0.2) is 44.4 Å². The van der Waals surface area contributed by atoms with Gasteiger partial charge in [0.05, 0.1) is 16.4 Å². The maximum atomic E-state index is 12.3. The molecule has 10 heteroatoms. The Kier molecular flexibility index (Phi) is 7.24. The van der Waals surface area contributed by atoms with Crippen molar-refractivity contribution in [3.05, 3.63) is 69.5 Å². The molecule has 9 nitrogen and oxygen atoms in total. The first-order valence-corrected chi connectivity index (χ1v) is 10.7. The molecule has 0 bridgehead atoms. The molecule has 31 heavy (non-hydrogen) atoms. The average molecular weight is 441 g/mol. The zero-order valence-electron chi connectivity index (χ0n) is 17.6. The number of para-hydroxylation sites is 2. The number of amides is 1. The van der Waals surface area contributed by atoms with Gasteiger partial charge in [0.15, 0.2) is 5.16 Å². The van der Waals surface area contributed by atoms with Gasteiger partial charge in [-0.1, -0.05) is 36.0 Å². The van der Waals surface area contributed by atoms with Crippen LogP contribution in [0.4, 0.5) is 11.4 Å². The van der Waals surface area contributed by atoms with Crippen LogP contribution in [0.15, 0.2) is 47.6 Å². The van der Waals surface area contributed by atoms with E-state index in [4.69, 9.17) is 0 Å². The van der Waals surface area contributed by atoms with Gasteiger partial charge in [0.1, 0.15) is 11.5 Å². The Labute approximate surface area is 184 Å². The second-order valence-corrected chi connectivity index (χ2v) is 7.94. The summed E-state index contributed by atoms with van der Waals surface area (Å²) >= 11 is 1.31. The summed E-state index contributed by atoms with van der Waals surface area (Å²) < 4.78 is 1.95. The third-order valence-electron chi connectivity index (χ3n) is 4.60. The normalized spacial score (nSPS) is 10.7. The van der Waals surface area contributed by atoms with Crippen LogP contribution in [0.5, 0.6) is 0 Å². The number of nitrogens with one attached hydrogen (secondary N) is 2. The van der Waals surface area contributed by atoms with Gasteiger partial charge in [0, 0.05) is 19.2 Å². The number of aryl methyl sites for hydroxylation is 3. The Morgan fingerprint density at radius 2 is 1.90 bits per heavy atom. The van der Waals surface area contributed by atoms with Gasteiger partial charge in [-0.25, -0.2) is 0 Å². The van der Waals surface area contributed by atoms with Gasteiger partial charge in [0.2, 0.25) is 5.91 Å². The van der Waals surface area contributed by atoms with Crippen LogP contribution in [0, 0.1) is 30.9 Å². The van der Waals surface area contributed by atoms with Crippen LogP contribution >= 0.6 is 11.8 Å². The number of anilines is 1. The summed E-state index contributed by atoms with van der Waals surface area (Å²) in [7, 11) is 0. The summed E-state index contributed by atoms with van der Waals surface area (Å²) in [5.41, 5.74) is 3.66. The number of hydrogen-bond donors (Lipinski definition) is 2. The highest BCUT2D eigenvalue weighted by atomic mass is 32.2. The second kappa shape index (κ2) is 10.1. The molecular weight excluding hydrogens is 416 g/mol. The molecule has 162 valence electrons. The highest BCUT2D eigenvalue weighted by Gasteiger charge is 2.15. The first-order chi connectivity index (χ1) is 14.9. The topological polar surface area (TPSA) is 115 Å². The number of nitro groups is 1. The van der Waals surface area contributed by atoms with E-state index >= 15 is 0 Å². The predicted molar refractivity (Wildman–Crippen MR) is 121 cm³/mol. The fourth-order valence-electron chi connectivity index (χ4n) is 3.04. The summed E-state index contributed by atoms with van der Waals surface area (Å²) in [5.74, 6) is 0.793. The van der Waals surface area contributed by atoms with E-state index in [1.54, 1.807) is 18.2 Å². The molecule has 2 aromatic carbocycles. The van der Waals surface area contributed by atoms with Crippen LogP contribution in [0.2, 0.25) is 0 Å². The van der Waals surface area contributed by atoms with Crippen LogP contribution in [0.1, 0.15) is 17.0 Å². The maximum absolute atomic E-state index is 12.3. The highest BCUT2D eigenvalue weighted by Crippen LogP contribution is 2.25. The number of thioether (sulfide) groups is 1. The van der Waals surface area contributed by atoms with Gasteiger partial charge in [-0.3, -0.25) is 19.5 Å². The van der Waals surface area contributed by atoms with Crippen molar-refractivity contribution in [3.63, 3.8) is 0 Å². The van der Waals surface area contributed by atoms with E-state index in [9.17, 15) is 14.9 Å². The van der Waals surface area contributed by atoms with Crippen LogP contribution in [0.3, 0.4) is 0 Å². The lowest BCUT2D eigenvalue weighted by atomic mass is 10.1. The van der Waals surface area contributed by atoms with E-state index in [-0.39, 0.29) is 17.3 Å². The molecule has 0 saturated carbocycles. The Bertz CT molecular complexity index is 1100. The van der Waals surface area contributed by atoms with Crippen LogP contribution < -0.4 is 10.6 Å². The van der Waals surface area contributed by atoms with Crippen molar-refractivity contribution < 1.29 is 9.72 Å². The number of carbonyl (C=O) groups excluding carboxylic acids is 1. The highest BCUT2D eigenvalue weighted by molar-refractivity contribution is 7.99. The predicted octanol–water partition coefficient (Wildman–Crippen LogP) is 3.42. The molecule has 0 aliphatic heterocycles. The molecular formula is C21H24N6O3S. The number of rotatable bonds is 9. The maximum Gasteiger partial charge on any atom is 0.292 e. The van der Waals surface area contributed by atoms with Gasteiger partial charge in [-0.05, 0) is 44.0 Å². The monoisotopic (exact) mass is 440 g/mol. The molecule has 0 aliphatic carbocycles. The molecule has 0 unspecified atom stereocenters. The fraction of sp³-hybridized carbons (Fsp3) is 0.286. The summed E-state index contributed by atoms with van der Waals surface area (Å²) in [4.78, 5) is 22.8. The SMILES string of the molecule is Cc1ccc(C)c(-n2c(C)nnc2SCC(=O)NCCNc2ccccc2[N+](=O)[O-])c1. The molecule has 1 amide bonds. The zero-order chi connectivity index (χ0) is 22.4. The Morgan fingerprint density at radius 1 is 1.13 bits per heavy atom. The molecule has 0 radical (unpaired) electrons. The van der Waals surface area contributed by atoms with E-state index in [2.05, 4.69) is 39.0 Å². The smallest absolute Gasteiger partial charge is 0.292 e. The minimum absolute atomic E-state index is 0.00512. The average Bonchev–Trinajstić information content (AvgIpc) is 3.11. The van der Waals surface area contributed by atoms with Crippen molar-refractivity contribution in [2.75, 3.05) is 24.2 Å². The Hall–Kier alpha value is -3.40. The van der Waals surface area contributed by atoms with Crippen LogP contribution in [-0.2, 0) is 4.79 Å². The lowest BCUT2D eigenvalue weighted by Gasteiger charge is -2.12. The standard InChI is InChI=1S/C21H24N6O3S/c1-14-8-9-15(2)19(12-14)26-16(3)24-25-21(26)31-13-20(28)23-11-10-22-17-6-4-5-7-18(17)27(29)30/h4-9,12,22H,10-11,13H2,1-3H3,(H,23,28). The summed E-state index contributed by atoms with van der Waals surface area (Å²) in [6, 6.07) is 12.6. The number of nitrogens with zero attached hydrogens (tertiary/aromatic N) is 4. The van der Waals surface area contributed by atoms with Gasteiger partial charge >= 0.3 is 0 Å². The van der Waals surface area contributed by atoms with Crippen molar-refractivity contribution in [2.45, 2.75) is 25.9 Å². The van der Waals surface area contributed by atoms with E-state index in [1.807, 2.05) is 25.3 Å². The zero-order valence-corrected chi connectivity index (χ0v) is 18.4. The molecule has 0 fully saturated rings. The molecule has 2 N–H and O–H groups in total. The molecule has 1 aromatic heterocycles. The van der Waals surface area contributed by atoms with Gasteiger partial charge in [0.25, 0.3) is 5.69 Å². The number of benzene rings is 2. The van der Waals surface area contributed by atoms with Crippen molar-refractivity contribution in [1.29, 1.82) is 0 Å². The lowest BCUT2D eigenvalue weighted by Crippen LogP contribution is -2.30. The van der Waals surface area contributed by atoms with E-state index in [0.717, 1.165) is 22.6 Å². The minimum atomic E-state index is -0.439. The largest absolute Gasteiger partial charge is 0.378 e. The van der Waals surface area contributed by atoms with Crippen molar-refractivity contribution in [1.82, 2.24) is 20.1 Å². The van der Waals surface area contributed by atoms with Crippen LogP contribution in [0.25, 0.3) is 5.69 Å². The Balaban J connectivity index is 1.53. The van der Waals surface area contributed by atoms with E-state index in [1.165, 1.54) is 17.8 Å². The third-order valence-corrected chi connectivity index (χ3v) is 5.53. The summed E-state index contributed by atoms with van der Waals surface area (Å²) in [6.45, 7) is 6.65. The van der Waals surface area contributed by atoms with Gasteiger partial charge in [-0.2, -0.15) is 0 Å². The first kappa shape index (κ1) is 22.3. The van der Waals surface area contributed by atoms with Crippen molar-refractivity contribution >= 4 is 29.0 Å². The third kappa shape index (κ3) is 5.60. The molecule has 0 aliphatic rings. The van der Waals surface area contributed by atoms with Crippen molar-refractivity contribution in [2.24, 2.45) is 0 Å². The van der Waals surface area contributed by atoms with E-state index in [0.29, 0.717) is 23.9 Å². The first-order valence-electron chi connectivity index (χ1n) is 9.73. The molecule has 0 saturated heterocycles.